The number of rotatable bonds is 2. The molecule has 1 amide bonds. The van der Waals surface area contributed by atoms with Crippen LogP contribution in [0.25, 0.3) is 21.9 Å². The fraction of sp³-hybridized carbons (Fsp3) is 0.250. The summed E-state index contributed by atoms with van der Waals surface area (Å²) in [6.07, 6.45) is 2.82. The zero-order valence-corrected chi connectivity index (χ0v) is 14.5. The molecule has 6 nitrogen and oxygen atoms in total. The number of carbonyl (C=O) groups is 1. The number of amides is 1. The number of nitrogens with zero attached hydrogens (tertiary/aromatic N) is 5. The SMILES string of the molecule is Cn1nc(C(=O)N2CC[C@H](n3cnc4ccccc43)C2)c2ccccc21. The number of aromatic nitrogens is 4. The number of para-hydroxylation sites is 3. The molecule has 1 aliphatic rings. The minimum atomic E-state index is 0.00807. The summed E-state index contributed by atoms with van der Waals surface area (Å²) >= 11 is 0. The summed E-state index contributed by atoms with van der Waals surface area (Å²) in [5.41, 5.74) is 3.63. The van der Waals surface area contributed by atoms with Gasteiger partial charge < -0.3 is 9.47 Å². The van der Waals surface area contributed by atoms with Crippen LogP contribution in [0.15, 0.2) is 54.9 Å². The molecule has 6 heteroatoms. The lowest BCUT2D eigenvalue weighted by atomic mass is 10.2. The third-order valence-electron chi connectivity index (χ3n) is 5.29. The minimum Gasteiger partial charge on any atom is -0.335 e. The number of likely N-dealkylation sites (tertiary alicyclic amines) is 1. The Kier molecular flexibility index (Phi) is 3.31. The molecule has 0 N–H and O–H groups in total. The molecule has 0 bridgehead atoms. The molecule has 130 valence electrons. The molecular formula is C20H19N5O. The van der Waals surface area contributed by atoms with Gasteiger partial charge in [0.05, 0.1) is 28.9 Å². The van der Waals surface area contributed by atoms with Crippen molar-refractivity contribution in [3.8, 4) is 0 Å². The van der Waals surface area contributed by atoms with E-state index in [4.69, 9.17) is 0 Å². The summed E-state index contributed by atoms with van der Waals surface area (Å²) in [5.74, 6) is 0.00807. The Morgan fingerprint density at radius 2 is 1.85 bits per heavy atom. The van der Waals surface area contributed by atoms with Gasteiger partial charge in [0, 0.05) is 25.5 Å². The van der Waals surface area contributed by atoms with E-state index in [-0.39, 0.29) is 11.9 Å². The van der Waals surface area contributed by atoms with Crippen molar-refractivity contribution < 1.29 is 4.79 Å². The van der Waals surface area contributed by atoms with Crippen LogP contribution in [0.1, 0.15) is 23.0 Å². The second-order valence-electron chi connectivity index (χ2n) is 6.82. The molecule has 5 rings (SSSR count). The van der Waals surface area contributed by atoms with Gasteiger partial charge in [0.15, 0.2) is 5.69 Å². The highest BCUT2D eigenvalue weighted by atomic mass is 16.2. The molecule has 1 atom stereocenters. The fourth-order valence-corrected chi connectivity index (χ4v) is 3.94. The molecule has 0 saturated carbocycles. The van der Waals surface area contributed by atoms with E-state index in [0.29, 0.717) is 12.2 Å². The average Bonchev–Trinajstić information content (AvgIpc) is 3.38. The quantitative estimate of drug-likeness (QED) is 0.561. The van der Waals surface area contributed by atoms with Crippen LogP contribution in [0.3, 0.4) is 0 Å². The largest absolute Gasteiger partial charge is 0.335 e. The van der Waals surface area contributed by atoms with E-state index in [9.17, 15) is 4.79 Å². The lowest BCUT2D eigenvalue weighted by molar-refractivity contribution is 0.0783. The van der Waals surface area contributed by atoms with E-state index in [1.165, 1.54) is 0 Å². The van der Waals surface area contributed by atoms with Crippen molar-refractivity contribution in [2.75, 3.05) is 13.1 Å². The third kappa shape index (κ3) is 2.22. The lowest BCUT2D eigenvalue weighted by Gasteiger charge is -2.16. The van der Waals surface area contributed by atoms with Crippen molar-refractivity contribution in [3.05, 3.63) is 60.6 Å². The maximum absolute atomic E-state index is 13.1. The predicted molar refractivity (Wildman–Crippen MR) is 100 cm³/mol. The van der Waals surface area contributed by atoms with E-state index < -0.39 is 0 Å². The van der Waals surface area contributed by atoms with Crippen LogP contribution in [0, 0.1) is 0 Å². The Morgan fingerprint density at radius 3 is 2.73 bits per heavy atom. The summed E-state index contributed by atoms with van der Waals surface area (Å²) in [6.45, 7) is 1.42. The maximum Gasteiger partial charge on any atom is 0.275 e. The van der Waals surface area contributed by atoms with Gasteiger partial charge in [-0.05, 0) is 24.6 Å². The van der Waals surface area contributed by atoms with Crippen molar-refractivity contribution in [1.82, 2.24) is 24.2 Å². The molecule has 1 fully saturated rings. The zero-order valence-electron chi connectivity index (χ0n) is 14.5. The smallest absolute Gasteiger partial charge is 0.275 e. The van der Waals surface area contributed by atoms with Crippen molar-refractivity contribution in [1.29, 1.82) is 0 Å². The van der Waals surface area contributed by atoms with Gasteiger partial charge in [-0.1, -0.05) is 30.3 Å². The average molecular weight is 345 g/mol. The van der Waals surface area contributed by atoms with Gasteiger partial charge in [0.1, 0.15) is 0 Å². The Hall–Kier alpha value is -3.15. The zero-order chi connectivity index (χ0) is 17.7. The molecule has 3 heterocycles. The van der Waals surface area contributed by atoms with Crippen LogP contribution in [-0.4, -0.2) is 43.2 Å². The molecule has 26 heavy (non-hydrogen) atoms. The summed E-state index contributed by atoms with van der Waals surface area (Å²) in [5, 5.41) is 5.39. The summed E-state index contributed by atoms with van der Waals surface area (Å²) in [6, 6.07) is 16.2. The molecule has 4 aromatic rings. The summed E-state index contributed by atoms with van der Waals surface area (Å²) < 4.78 is 3.97. The van der Waals surface area contributed by atoms with Crippen LogP contribution in [0.4, 0.5) is 0 Å². The minimum absolute atomic E-state index is 0.00807. The molecule has 0 radical (unpaired) electrons. The Balaban J connectivity index is 1.44. The molecule has 1 aliphatic heterocycles. The molecule has 0 aliphatic carbocycles. The van der Waals surface area contributed by atoms with E-state index in [1.807, 2.05) is 60.7 Å². The van der Waals surface area contributed by atoms with Crippen LogP contribution in [-0.2, 0) is 7.05 Å². The lowest BCUT2D eigenvalue weighted by Crippen LogP contribution is -2.29. The van der Waals surface area contributed by atoms with E-state index in [2.05, 4.69) is 20.7 Å². The Labute approximate surface area is 150 Å². The van der Waals surface area contributed by atoms with Crippen LogP contribution < -0.4 is 0 Å². The van der Waals surface area contributed by atoms with E-state index >= 15 is 0 Å². The van der Waals surface area contributed by atoms with Crippen molar-refractivity contribution in [2.45, 2.75) is 12.5 Å². The van der Waals surface area contributed by atoms with Gasteiger partial charge in [0.25, 0.3) is 5.91 Å². The fourth-order valence-electron chi connectivity index (χ4n) is 3.94. The number of fused-ring (bicyclic) bond motifs is 2. The molecule has 1 saturated heterocycles. The van der Waals surface area contributed by atoms with Gasteiger partial charge >= 0.3 is 0 Å². The van der Waals surface area contributed by atoms with Gasteiger partial charge in [-0.3, -0.25) is 9.48 Å². The molecular weight excluding hydrogens is 326 g/mol. The Morgan fingerprint density at radius 1 is 1.08 bits per heavy atom. The van der Waals surface area contributed by atoms with E-state index in [0.717, 1.165) is 34.9 Å². The van der Waals surface area contributed by atoms with Gasteiger partial charge in [0.2, 0.25) is 0 Å². The standard InChI is InChI=1S/C20H19N5O/c1-23-17-8-4-2-6-15(17)19(22-23)20(26)24-11-10-14(12-24)25-13-21-16-7-3-5-9-18(16)25/h2-9,13-14H,10-12H2,1H3/t14-/m0/s1. The number of benzene rings is 2. The highest BCUT2D eigenvalue weighted by Crippen LogP contribution is 2.28. The van der Waals surface area contributed by atoms with Gasteiger partial charge in [-0.25, -0.2) is 4.98 Å². The third-order valence-corrected chi connectivity index (χ3v) is 5.29. The number of hydrogen-bond acceptors (Lipinski definition) is 3. The van der Waals surface area contributed by atoms with Crippen LogP contribution in [0.5, 0.6) is 0 Å². The van der Waals surface area contributed by atoms with Crippen LogP contribution in [0.2, 0.25) is 0 Å². The number of aryl methyl sites for hydroxylation is 1. The maximum atomic E-state index is 13.1. The highest BCUT2D eigenvalue weighted by Gasteiger charge is 2.30. The summed E-state index contributed by atoms with van der Waals surface area (Å²) in [4.78, 5) is 19.5. The van der Waals surface area contributed by atoms with Crippen LogP contribution >= 0.6 is 0 Å². The first-order chi connectivity index (χ1) is 12.7. The number of imidazole rings is 1. The normalized spacial score (nSPS) is 17.4. The van der Waals surface area contributed by atoms with Crippen molar-refractivity contribution in [2.24, 2.45) is 7.05 Å². The second-order valence-corrected chi connectivity index (χ2v) is 6.82. The highest BCUT2D eigenvalue weighted by molar-refractivity contribution is 6.04. The first-order valence-corrected chi connectivity index (χ1v) is 8.85. The number of carbonyl (C=O) groups excluding carboxylic acids is 1. The van der Waals surface area contributed by atoms with Gasteiger partial charge in [-0.2, -0.15) is 5.10 Å². The van der Waals surface area contributed by atoms with Gasteiger partial charge in [-0.15, -0.1) is 0 Å². The molecule has 2 aromatic carbocycles. The number of hydrogen-bond donors (Lipinski definition) is 0. The molecule has 0 unspecified atom stereocenters. The summed E-state index contributed by atoms with van der Waals surface area (Å²) in [7, 11) is 1.88. The monoisotopic (exact) mass is 345 g/mol. The van der Waals surface area contributed by atoms with E-state index in [1.54, 1.807) is 4.68 Å². The van der Waals surface area contributed by atoms with Crippen molar-refractivity contribution in [3.63, 3.8) is 0 Å². The predicted octanol–water partition coefficient (Wildman–Crippen LogP) is 3.01. The molecule has 2 aromatic heterocycles. The topological polar surface area (TPSA) is 56.0 Å². The first-order valence-electron chi connectivity index (χ1n) is 8.85. The first kappa shape index (κ1) is 15.1. The molecule has 0 spiro atoms. The van der Waals surface area contributed by atoms with Crippen molar-refractivity contribution >= 4 is 27.8 Å². The second kappa shape index (κ2) is 5.69. The Bertz CT molecular complexity index is 1130.